The second-order valence-corrected chi connectivity index (χ2v) is 4.78. The van der Waals surface area contributed by atoms with Crippen molar-refractivity contribution in [2.24, 2.45) is 11.7 Å². The summed E-state index contributed by atoms with van der Waals surface area (Å²) < 4.78 is 0. The molecule has 103 valence electrons. The Hall–Kier alpha value is -1.68. The molecule has 0 aromatic heterocycles. The maximum atomic E-state index is 11.9. The normalized spacial score (nSPS) is 15.3. The number of carbonyl (C=O) groups excluding carboxylic acids is 2. The van der Waals surface area contributed by atoms with Gasteiger partial charge in [-0.25, -0.2) is 0 Å². The summed E-state index contributed by atoms with van der Waals surface area (Å²) in [6.45, 7) is 3.90. The molecule has 1 aromatic carbocycles. The third-order valence-corrected chi connectivity index (χ3v) is 3.30. The molecular weight excluding hydrogens is 240 g/mol. The van der Waals surface area contributed by atoms with Crippen LogP contribution in [0.4, 0.5) is 0 Å². The van der Waals surface area contributed by atoms with Crippen LogP contribution in [0, 0.1) is 5.92 Å². The third-order valence-electron chi connectivity index (χ3n) is 3.30. The van der Waals surface area contributed by atoms with E-state index in [1.54, 1.807) is 0 Å². The second-order valence-electron chi connectivity index (χ2n) is 4.78. The van der Waals surface area contributed by atoms with Crippen molar-refractivity contribution in [3.63, 3.8) is 0 Å². The topological polar surface area (TPSA) is 72.2 Å². The second kappa shape index (κ2) is 7.69. The van der Waals surface area contributed by atoms with Gasteiger partial charge in [-0.05, 0) is 11.5 Å². The van der Waals surface area contributed by atoms with Crippen LogP contribution in [0.1, 0.15) is 25.8 Å². The lowest BCUT2D eigenvalue weighted by atomic mass is 9.98. The van der Waals surface area contributed by atoms with E-state index in [1.807, 2.05) is 50.5 Å². The Balaban J connectivity index is 2.57. The third kappa shape index (κ3) is 4.83. The van der Waals surface area contributed by atoms with Crippen molar-refractivity contribution >= 4 is 12.2 Å². The molecule has 3 atom stereocenters. The number of hydrogen-bond donors (Lipinski definition) is 2. The molecule has 19 heavy (non-hydrogen) atoms. The van der Waals surface area contributed by atoms with E-state index in [1.165, 1.54) is 0 Å². The van der Waals surface area contributed by atoms with Gasteiger partial charge in [0.25, 0.3) is 0 Å². The van der Waals surface area contributed by atoms with Crippen molar-refractivity contribution in [1.29, 1.82) is 0 Å². The van der Waals surface area contributed by atoms with Gasteiger partial charge >= 0.3 is 0 Å². The molecule has 1 aromatic rings. The molecule has 0 fully saturated rings. The lowest BCUT2D eigenvalue weighted by molar-refractivity contribution is -0.123. The molecule has 0 aliphatic rings. The molecule has 3 N–H and O–H groups in total. The summed E-state index contributed by atoms with van der Waals surface area (Å²) in [6.07, 6.45) is 3.11. The predicted molar refractivity (Wildman–Crippen MR) is 75.2 cm³/mol. The van der Waals surface area contributed by atoms with Gasteiger partial charge in [0.1, 0.15) is 0 Å². The van der Waals surface area contributed by atoms with E-state index < -0.39 is 12.1 Å². The highest BCUT2D eigenvalue weighted by Gasteiger charge is 2.22. The number of nitrogens with two attached hydrogens (primary N) is 1. The number of rotatable bonds is 7. The molecule has 0 aliphatic carbocycles. The molecule has 0 unspecified atom stereocenters. The Kier molecular flexibility index (Phi) is 6.22. The van der Waals surface area contributed by atoms with E-state index in [0.717, 1.165) is 12.0 Å². The molecular formula is C15H21N2O2. The van der Waals surface area contributed by atoms with Gasteiger partial charge in [0.05, 0.1) is 12.1 Å². The molecule has 4 nitrogen and oxygen atoms in total. The lowest BCUT2D eigenvalue weighted by Gasteiger charge is -2.20. The van der Waals surface area contributed by atoms with Crippen LogP contribution in [0.25, 0.3) is 0 Å². The fourth-order valence-corrected chi connectivity index (χ4v) is 1.75. The van der Waals surface area contributed by atoms with E-state index in [-0.39, 0.29) is 11.8 Å². The van der Waals surface area contributed by atoms with Gasteiger partial charge in [-0.15, -0.1) is 0 Å². The van der Waals surface area contributed by atoms with E-state index in [9.17, 15) is 9.59 Å². The Labute approximate surface area is 114 Å². The van der Waals surface area contributed by atoms with Crippen LogP contribution in [0.5, 0.6) is 0 Å². The largest absolute Gasteiger partial charge is 0.344 e. The zero-order valence-corrected chi connectivity index (χ0v) is 11.4. The van der Waals surface area contributed by atoms with Gasteiger partial charge in [-0.2, -0.15) is 0 Å². The van der Waals surface area contributed by atoms with Crippen LogP contribution in [-0.2, 0) is 16.0 Å². The number of amides is 1. The summed E-state index contributed by atoms with van der Waals surface area (Å²) in [5, 5.41) is 2.64. The molecule has 4 heteroatoms. The Bertz CT molecular complexity index is 406. The van der Waals surface area contributed by atoms with Crippen LogP contribution >= 0.6 is 0 Å². The number of hydrogen-bond acceptors (Lipinski definition) is 3. The van der Waals surface area contributed by atoms with Crippen molar-refractivity contribution in [2.45, 2.75) is 38.8 Å². The Morgan fingerprint density at radius 1 is 1.37 bits per heavy atom. The molecule has 0 heterocycles. The maximum absolute atomic E-state index is 11.9. The van der Waals surface area contributed by atoms with Crippen LogP contribution in [0.3, 0.4) is 0 Å². The van der Waals surface area contributed by atoms with Crippen molar-refractivity contribution in [2.75, 3.05) is 0 Å². The monoisotopic (exact) mass is 261 g/mol. The van der Waals surface area contributed by atoms with Crippen molar-refractivity contribution in [3.05, 3.63) is 35.9 Å². The number of benzene rings is 1. The van der Waals surface area contributed by atoms with Crippen LogP contribution in [0.15, 0.2) is 30.3 Å². The first kappa shape index (κ1) is 15.4. The van der Waals surface area contributed by atoms with E-state index >= 15 is 0 Å². The quantitative estimate of drug-likeness (QED) is 0.774. The van der Waals surface area contributed by atoms with Gasteiger partial charge in [0.15, 0.2) is 0 Å². The van der Waals surface area contributed by atoms with Crippen molar-refractivity contribution in [1.82, 2.24) is 5.32 Å². The van der Waals surface area contributed by atoms with E-state index in [2.05, 4.69) is 5.32 Å². The SMILES string of the molecule is CC[C@H](C)[C@H](N)C(=O)N[C@H]([C]=O)Cc1ccccc1. The summed E-state index contributed by atoms with van der Waals surface area (Å²) >= 11 is 0. The first-order valence-electron chi connectivity index (χ1n) is 6.56. The fraction of sp³-hybridized carbons (Fsp3) is 0.467. The number of carbonyl (C=O) groups is 1. The lowest BCUT2D eigenvalue weighted by Crippen LogP contribution is -2.49. The van der Waals surface area contributed by atoms with Crippen molar-refractivity contribution < 1.29 is 9.59 Å². The Morgan fingerprint density at radius 3 is 2.53 bits per heavy atom. The van der Waals surface area contributed by atoms with Gasteiger partial charge in [0.2, 0.25) is 12.2 Å². The minimum absolute atomic E-state index is 0.0871. The van der Waals surface area contributed by atoms with Crippen LogP contribution in [-0.4, -0.2) is 24.3 Å². The highest BCUT2D eigenvalue weighted by molar-refractivity contribution is 5.84. The van der Waals surface area contributed by atoms with Gasteiger partial charge < -0.3 is 11.1 Å². The average molecular weight is 261 g/mol. The minimum atomic E-state index is -0.648. The molecule has 0 saturated heterocycles. The van der Waals surface area contributed by atoms with Crippen LogP contribution < -0.4 is 11.1 Å². The highest BCUT2D eigenvalue weighted by Crippen LogP contribution is 2.06. The number of nitrogens with one attached hydrogen (secondary N) is 1. The summed E-state index contributed by atoms with van der Waals surface area (Å²) in [5.41, 5.74) is 6.81. The summed E-state index contributed by atoms with van der Waals surface area (Å²) in [7, 11) is 0. The molecule has 1 rings (SSSR count). The molecule has 0 aliphatic heterocycles. The summed E-state index contributed by atoms with van der Waals surface area (Å²) in [6, 6.07) is 8.27. The smallest absolute Gasteiger partial charge is 0.237 e. The molecule has 0 bridgehead atoms. The summed E-state index contributed by atoms with van der Waals surface area (Å²) in [5.74, 6) is -0.206. The molecule has 0 spiro atoms. The highest BCUT2D eigenvalue weighted by atomic mass is 16.2. The van der Waals surface area contributed by atoms with Gasteiger partial charge in [-0.1, -0.05) is 50.6 Å². The zero-order chi connectivity index (χ0) is 14.3. The first-order valence-corrected chi connectivity index (χ1v) is 6.56. The predicted octanol–water partition coefficient (Wildman–Crippen LogP) is 1.20. The van der Waals surface area contributed by atoms with E-state index in [4.69, 9.17) is 5.73 Å². The molecule has 1 radical (unpaired) electrons. The van der Waals surface area contributed by atoms with Crippen LogP contribution in [0.2, 0.25) is 0 Å². The van der Waals surface area contributed by atoms with Gasteiger partial charge in [0, 0.05) is 6.42 Å². The minimum Gasteiger partial charge on any atom is -0.344 e. The first-order chi connectivity index (χ1) is 9.08. The van der Waals surface area contributed by atoms with Gasteiger partial charge in [-0.3, -0.25) is 9.59 Å². The van der Waals surface area contributed by atoms with Crippen molar-refractivity contribution in [3.8, 4) is 0 Å². The standard InChI is InChI=1S/C15H21N2O2/c1-3-11(2)14(16)15(19)17-13(10-18)9-12-7-5-4-6-8-12/h4-8,11,13-14H,3,9,16H2,1-2H3,(H,17,19)/t11-,13-,14-/m0/s1. The van der Waals surface area contributed by atoms with E-state index in [0.29, 0.717) is 6.42 Å². The maximum Gasteiger partial charge on any atom is 0.237 e. The fourth-order valence-electron chi connectivity index (χ4n) is 1.75. The summed E-state index contributed by atoms with van der Waals surface area (Å²) in [4.78, 5) is 22.8. The molecule has 0 saturated carbocycles. The average Bonchev–Trinajstić information content (AvgIpc) is 2.45. The molecule has 1 amide bonds. The zero-order valence-electron chi connectivity index (χ0n) is 11.4. The Morgan fingerprint density at radius 2 is 2.00 bits per heavy atom.